The van der Waals surface area contributed by atoms with Crippen LogP contribution in [0.25, 0.3) is 0 Å². The summed E-state index contributed by atoms with van der Waals surface area (Å²) in [5.74, 6) is -2.00. The summed E-state index contributed by atoms with van der Waals surface area (Å²) in [6, 6.07) is 0. The molecule has 0 aromatic heterocycles. The molecule has 1 N–H and O–H groups in total. The van der Waals surface area contributed by atoms with Gasteiger partial charge in [0.1, 0.15) is 0 Å². The summed E-state index contributed by atoms with van der Waals surface area (Å²) in [5, 5.41) is 9.52. The van der Waals surface area contributed by atoms with Crippen LogP contribution in [0, 0.1) is 5.92 Å². The maximum Gasteiger partial charge on any atom is 0.419 e. The Bertz CT molecular complexity index is 252. The van der Waals surface area contributed by atoms with E-state index in [0.29, 0.717) is 6.42 Å². The third-order valence-electron chi connectivity index (χ3n) is 2.91. The minimum Gasteiger partial charge on any atom is -0.391 e. The zero-order valence-electron chi connectivity index (χ0n) is 10.2. The first-order chi connectivity index (χ1) is 8.22. The molecule has 1 saturated heterocycles. The van der Waals surface area contributed by atoms with Crippen molar-refractivity contribution in [3.8, 4) is 0 Å². The SMILES string of the molecule is CC(F)(F)C(F)(F)OCC(O)CC1CCSCC1. The Morgan fingerprint density at radius 2 is 1.83 bits per heavy atom. The van der Waals surface area contributed by atoms with Gasteiger partial charge in [0.15, 0.2) is 0 Å². The molecule has 0 bridgehead atoms. The standard InChI is InChI=1S/C11H18F4O2S/c1-10(12,13)11(14,15)17-7-9(16)6-8-2-4-18-5-3-8/h8-9,16H,2-7H2,1H3. The van der Waals surface area contributed by atoms with Crippen LogP contribution < -0.4 is 0 Å². The highest BCUT2D eigenvalue weighted by atomic mass is 32.2. The van der Waals surface area contributed by atoms with Crippen LogP contribution in [0.1, 0.15) is 26.2 Å². The number of hydrogen-bond acceptors (Lipinski definition) is 3. The molecule has 1 rings (SSSR count). The molecule has 18 heavy (non-hydrogen) atoms. The van der Waals surface area contributed by atoms with Gasteiger partial charge in [-0.3, -0.25) is 0 Å². The molecule has 1 unspecified atom stereocenters. The van der Waals surface area contributed by atoms with Gasteiger partial charge >= 0.3 is 12.0 Å². The summed E-state index contributed by atoms with van der Waals surface area (Å²) in [6.45, 7) is -0.669. The first-order valence-electron chi connectivity index (χ1n) is 5.88. The molecule has 1 heterocycles. The van der Waals surface area contributed by atoms with Crippen molar-refractivity contribution in [2.24, 2.45) is 5.92 Å². The minimum atomic E-state index is -4.53. The van der Waals surface area contributed by atoms with Gasteiger partial charge in [0.25, 0.3) is 0 Å². The summed E-state index contributed by atoms with van der Waals surface area (Å²) in [6.07, 6.45) is -3.49. The van der Waals surface area contributed by atoms with Gasteiger partial charge in [-0.1, -0.05) is 0 Å². The van der Waals surface area contributed by atoms with E-state index in [-0.39, 0.29) is 12.8 Å². The number of halogens is 4. The first kappa shape index (κ1) is 16.0. The number of alkyl halides is 4. The van der Waals surface area contributed by atoms with E-state index in [1.54, 1.807) is 0 Å². The average molecular weight is 290 g/mol. The molecule has 1 aliphatic rings. The number of ether oxygens (including phenoxy) is 1. The lowest BCUT2D eigenvalue weighted by molar-refractivity contribution is -0.345. The van der Waals surface area contributed by atoms with E-state index >= 15 is 0 Å². The molecule has 0 radical (unpaired) electrons. The number of rotatable bonds is 6. The predicted molar refractivity (Wildman–Crippen MR) is 62.2 cm³/mol. The summed E-state index contributed by atoms with van der Waals surface area (Å²) >= 11 is 1.81. The van der Waals surface area contributed by atoms with Crippen molar-refractivity contribution < 1.29 is 27.4 Å². The third kappa shape index (κ3) is 4.93. The van der Waals surface area contributed by atoms with E-state index in [1.807, 2.05) is 11.8 Å². The maximum absolute atomic E-state index is 12.8. The van der Waals surface area contributed by atoms with Crippen molar-refractivity contribution in [3.63, 3.8) is 0 Å². The summed E-state index contributed by atoms with van der Waals surface area (Å²) in [7, 11) is 0. The van der Waals surface area contributed by atoms with Crippen molar-refractivity contribution in [2.75, 3.05) is 18.1 Å². The Kier molecular flexibility index (Phi) is 5.73. The van der Waals surface area contributed by atoms with Gasteiger partial charge in [-0.15, -0.1) is 0 Å². The topological polar surface area (TPSA) is 29.5 Å². The van der Waals surface area contributed by atoms with Gasteiger partial charge in [0.05, 0.1) is 12.7 Å². The van der Waals surface area contributed by atoms with E-state index in [4.69, 9.17) is 0 Å². The fraction of sp³-hybridized carbons (Fsp3) is 1.00. The number of thioether (sulfide) groups is 1. The second kappa shape index (κ2) is 6.43. The second-order valence-corrected chi connectivity index (χ2v) is 5.89. The van der Waals surface area contributed by atoms with Crippen LogP contribution in [0.2, 0.25) is 0 Å². The Balaban J connectivity index is 2.30. The molecule has 0 aliphatic carbocycles. The Labute approximate surface area is 108 Å². The smallest absolute Gasteiger partial charge is 0.391 e. The van der Waals surface area contributed by atoms with E-state index < -0.39 is 24.7 Å². The van der Waals surface area contributed by atoms with Crippen LogP contribution in [0.3, 0.4) is 0 Å². The Hall–Kier alpha value is -0.0100. The van der Waals surface area contributed by atoms with Crippen LogP contribution >= 0.6 is 11.8 Å². The predicted octanol–water partition coefficient (Wildman–Crippen LogP) is 3.15. The van der Waals surface area contributed by atoms with Crippen LogP contribution in [0.4, 0.5) is 17.6 Å². The van der Waals surface area contributed by atoms with Crippen molar-refractivity contribution in [1.82, 2.24) is 0 Å². The Morgan fingerprint density at radius 1 is 1.28 bits per heavy atom. The van der Waals surface area contributed by atoms with Crippen molar-refractivity contribution in [3.05, 3.63) is 0 Å². The molecule has 0 saturated carbocycles. The molecule has 1 aliphatic heterocycles. The normalized spacial score (nSPS) is 21.0. The lowest BCUT2D eigenvalue weighted by Gasteiger charge is -2.26. The molecule has 0 spiro atoms. The molecule has 1 fully saturated rings. The average Bonchev–Trinajstić information content (AvgIpc) is 2.26. The van der Waals surface area contributed by atoms with Gasteiger partial charge in [0, 0.05) is 6.92 Å². The van der Waals surface area contributed by atoms with Crippen molar-refractivity contribution in [1.29, 1.82) is 0 Å². The fourth-order valence-corrected chi connectivity index (χ4v) is 2.97. The van der Waals surface area contributed by atoms with Crippen molar-refractivity contribution >= 4 is 11.8 Å². The van der Waals surface area contributed by atoms with E-state index in [0.717, 1.165) is 24.3 Å². The highest BCUT2D eigenvalue weighted by Gasteiger charge is 2.54. The lowest BCUT2D eigenvalue weighted by Crippen LogP contribution is -2.42. The number of aliphatic hydroxyl groups is 1. The maximum atomic E-state index is 12.8. The monoisotopic (exact) mass is 290 g/mol. The van der Waals surface area contributed by atoms with Crippen LogP contribution in [0.15, 0.2) is 0 Å². The molecular formula is C11H18F4O2S. The zero-order chi connectivity index (χ0) is 13.8. The van der Waals surface area contributed by atoms with Crippen LogP contribution in [-0.2, 0) is 4.74 Å². The summed E-state index contributed by atoms with van der Waals surface area (Å²) in [4.78, 5) is 0. The molecule has 108 valence electrons. The quantitative estimate of drug-likeness (QED) is 0.762. The van der Waals surface area contributed by atoms with Crippen LogP contribution in [0.5, 0.6) is 0 Å². The van der Waals surface area contributed by atoms with Crippen LogP contribution in [-0.4, -0.2) is 41.4 Å². The molecule has 0 amide bonds. The molecular weight excluding hydrogens is 272 g/mol. The number of hydrogen-bond donors (Lipinski definition) is 1. The Morgan fingerprint density at radius 3 is 2.33 bits per heavy atom. The van der Waals surface area contributed by atoms with E-state index in [9.17, 15) is 22.7 Å². The fourth-order valence-electron chi connectivity index (χ4n) is 1.76. The lowest BCUT2D eigenvalue weighted by atomic mass is 9.96. The highest BCUT2D eigenvalue weighted by molar-refractivity contribution is 7.99. The van der Waals surface area contributed by atoms with E-state index in [2.05, 4.69) is 4.74 Å². The molecule has 1 atom stereocenters. The van der Waals surface area contributed by atoms with Gasteiger partial charge in [-0.2, -0.15) is 29.3 Å². The van der Waals surface area contributed by atoms with Gasteiger partial charge in [0.2, 0.25) is 0 Å². The largest absolute Gasteiger partial charge is 0.419 e. The zero-order valence-corrected chi connectivity index (χ0v) is 11.0. The van der Waals surface area contributed by atoms with Gasteiger partial charge < -0.3 is 9.84 Å². The van der Waals surface area contributed by atoms with Gasteiger partial charge in [-0.05, 0) is 36.7 Å². The highest BCUT2D eigenvalue weighted by Crippen LogP contribution is 2.35. The summed E-state index contributed by atoms with van der Waals surface area (Å²) < 4.78 is 54.3. The molecule has 7 heteroatoms. The third-order valence-corrected chi connectivity index (χ3v) is 3.96. The van der Waals surface area contributed by atoms with Crippen molar-refractivity contribution in [2.45, 2.75) is 44.3 Å². The molecule has 0 aromatic carbocycles. The molecule has 2 nitrogen and oxygen atoms in total. The minimum absolute atomic E-state index is 0.0950. The van der Waals surface area contributed by atoms with E-state index in [1.165, 1.54) is 0 Å². The number of aliphatic hydroxyl groups excluding tert-OH is 1. The molecule has 0 aromatic rings. The summed E-state index contributed by atoms with van der Waals surface area (Å²) in [5.41, 5.74) is 0. The second-order valence-electron chi connectivity index (χ2n) is 4.66. The van der Waals surface area contributed by atoms with Gasteiger partial charge in [-0.25, -0.2) is 0 Å². The first-order valence-corrected chi connectivity index (χ1v) is 7.03.